The fourth-order valence-electron chi connectivity index (χ4n) is 1.27. The van der Waals surface area contributed by atoms with E-state index in [9.17, 15) is 4.79 Å². The van der Waals surface area contributed by atoms with Crippen molar-refractivity contribution in [2.75, 3.05) is 7.11 Å². The van der Waals surface area contributed by atoms with Gasteiger partial charge in [0.25, 0.3) is 0 Å². The highest BCUT2D eigenvalue weighted by Crippen LogP contribution is 2.29. The second-order valence-corrected chi connectivity index (χ2v) is 3.94. The molecule has 0 aliphatic heterocycles. The minimum Gasteiger partial charge on any atom is -0.495 e. The first kappa shape index (κ1) is 12.0. The summed E-state index contributed by atoms with van der Waals surface area (Å²) < 4.78 is 5.95. The third-order valence-corrected chi connectivity index (χ3v) is 2.63. The van der Waals surface area contributed by atoms with E-state index < -0.39 is 12.0 Å². The van der Waals surface area contributed by atoms with Crippen LogP contribution >= 0.6 is 15.9 Å². The highest BCUT2D eigenvalue weighted by atomic mass is 79.9. The molecule has 0 bridgehead atoms. The molecule has 0 fully saturated rings. The van der Waals surface area contributed by atoms with Crippen LogP contribution in [0.5, 0.6) is 5.75 Å². The van der Waals surface area contributed by atoms with Crippen molar-refractivity contribution in [3.63, 3.8) is 0 Å². The Hall–Kier alpha value is -1.07. The van der Waals surface area contributed by atoms with Crippen LogP contribution in [0, 0.1) is 0 Å². The lowest BCUT2D eigenvalue weighted by Crippen LogP contribution is -2.32. The summed E-state index contributed by atoms with van der Waals surface area (Å²) in [6, 6.07) is 4.53. The number of rotatable bonds is 4. The number of ether oxygens (including phenoxy) is 1. The lowest BCUT2D eigenvalue weighted by Gasteiger charge is -2.12. The van der Waals surface area contributed by atoms with Gasteiger partial charge in [0, 0.05) is 6.42 Å². The molecule has 1 aromatic carbocycles. The number of halogens is 1. The maximum absolute atomic E-state index is 10.6. The van der Waals surface area contributed by atoms with E-state index >= 15 is 0 Å². The minimum atomic E-state index is -1.02. The first-order chi connectivity index (χ1) is 7.06. The number of benzene rings is 1. The highest BCUT2D eigenvalue weighted by Gasteiger charge is 2.15. The number of methoxy groups -OCH3 is 1. The van der Waals surface area contributed by atoms with Crippen LogP contribution in [-0.2, 0) is 11.2 Å². The van der Waals surface area contributed by atoms with Gasteiger partial charge in [-0.1, -0.05) is 12.1 Å². The lowest BCUT2D eigenvalue weighted by atomic mass is 10.1. The molecule has 1 rings (SSSR count). The summed E-state index contributed by atoms with van der Waals surface area (Å²) in [5.74, 6) is -0.383. The van der Waals surface area contributed by atoms with E-state index in [0.717, 1.165) is 10.0 Å². The largest absolute Gasteiger partial charge is 0.495 e. The van der Waals surface area contributed by atoms with Gasteiger partial charge in [-0.25, -0.2) is 0 Å². The van der Waals surface area contributed by atoms with Gasteiger partial charge in [-0.2, -0.15) is 0 Å². The molecule has 0 heterocycles. The first-order valence-electron chi connectivity index (χ1n) is 4.36. The fraction of sp³-hybridized carbons (Fsp3) is 0.300. The Morgan fingerprint density at radius 1 is 1.67 bits per heavy atom. The summed E-state index contributed by atoms with van der Waals surface area (Å²) in [6.45, 7) is 0. The summed E-state index contributed by atoms with van der Waals surface area (Å²) in [7, 11) is 1.54. The monoisotopic (exact) mass is 273 g/mol. The van der Waals surface area contributed by atoms with Crippen LogP contribution in [0.4, 0.5) is 0 Å². The van der Waals surface area contributed by atoms with Gasteiger partial charge in [0.1, 0.15) is 11.8 Å². The average Bonchev–Trinajstić information content (AvgIpc) is 2.18. The molecule has 0 amide bonds. The Bertz CT molecular complexity index is 368. The Balaban J connectivity index is 2.94. The van der Waals surface area contributed by atoms with E-state index in [1.165, 1.54) is 7.11 Å². The maximum atomic E-state index is 10.6. The zero-order valence-electron chi connectivity index (χ0n) is 8.24. The number of hydrogen-bond donors (Lipinski definition) is 2. The molecule has 5 heteroatoms. The predicted octanol–water partition coefficient (Wildman–Crippen LogP) is 1.41. The summed E-state index contributed by atoms with van der Waals surface area (Å²) in [5.41, 5.74) is 6.23. The van der Waals surface area contributed by atoms with Crippen LogP contribution in [0.25, 0.3) is 0 Å². The minimum absolute atomic E-state index is 0.248. The van der Waals surface area contributed by atoms with Crippen LogP contribution in [0.1, 0.15) is 5.56 Å². The van der Waals surface area contributed by atoms with Crippen molar-refractivity contribution in [2.45, 2.75) is 12.5 Å². The number of carboxylic acids is 1. The number of para-hydroxylation sites is 1. The van der Waals surface area contributed by atoms with E-state index in [1.807, 2.05) is 12.1 Å². The summed E-state index contributed by atoms with van der Waals surface area (Å²) >= 11 is 3.32. The second-order valence-electron chi connectivity index (χ2n) is 3.08. The topological polar surface area (TPSA) is 72.5 Å². The summed E-state index contributed by atoms with van der Waals surface area (Å²) in [6.07, 6.45) is 0.248. The fourth-order valence-corrected chi connectivity index (χ4v) is 1.84. The van der Waals surface area contributed by atoms with Crippen molar-refractivity contribution in [3.05, 3.63) is 28.2 Å². The lowest BCUT2D eigenvalue weighted by molar-refractivity contribution is -0.138. The Morgan fingerprint density at radius 3 is 2.87 bits per heavy atom. The van der Waals surface area contributed by atoms with Crippen LogP contribution in [-0.4, -0.2) is 24.2 Å². The Kier molecular flexibility index (Phi) is 4.11. The van der Waals surface area contributed by atoms with Crippen LogP contribution < -0.4 is 10.5 Å². The quantitative estimate of drug-likeness (QED) is 0.870. The molecular weight excluding hydrogens is 262 g/mol. The summed E-state index contributed by atoms with van der Waals surface area (Å²) in [5, 5.41) is 8.70. The Morgan fingerprint density at radius 2 is 2.33 bits per heavy atom. The molecule has 0 spiro atoms. The smallest absolute Gasteiger partial charge is 0.320 e. The van der Waals surface area contributed by atoms with Gasteiger partial charge in [-0.05, 0) is 27.6 Å². The molecule has 1 aromatic rings. The molecule has 0 saturated heterocycles. The van der Waals surface area contributed by atoms with Crippen LogP contribution in [0.15, 0.2) is 22.7 Å². The van der Waals surface area contributed by atoms with Gasteiger partial charge in [0.15, 0.2) is 0 Å². The Labute approximate surface area is 96.2 Å². The molecular formula is C10H12BrNO3. The van der Waals surface area contributed by atoms with Gasteiger partial charge in [-0.3, -0.25) is 4.79 Å². The molecule has 0 aliphatic rings. The number of hydrogen-bond acceptors (Lipinski definition) is 3. The van der Waals surface area contributed by atoms with Crippen LogP contribution in [0.3, 0.4) is 0 Å². The van der Waals surface area contributed by atoms with Gasteiger partial charge in [-0.15, -0.1) is 0 Å². The van der Waals surface area contributed by atoms with Crippen molar-refractivity contribution < 1.29 is 14.6 Å². The van der Waals surface area contributed by atoms with Gasteiger partial charge >= 0.3 is 5.97 Å². The number of carboxylic acid groups (broad SMARTS) is 1. The van der Waals surface area contributed by atoms with Gasteiger partial charge < -0.3 is 15.6 Å². The number of carbonyl (C=O) groups is 1. The number of aliphatic carboxylic acids is 1. The predicted molar refractivity (Wildman–Crippen MR) is 60.0 cm³/mol. The SMILES string of the molecule is COc1c(Br)cccc1CC(N)C(=O)O. The summed E-state index contributed by atoms with van der Waals surface area (Å²) in [4.78, 5) is 10.6. The molecule has 1 unspecified atom stereocenters. The van der Waals surface area contributed by atoms with E-state index in [4.69, 9.17) is 15.6 Å². The molecule has 1 atom stereocenters. The zero-order valence-corrected chi connectivity index (χ0v) is 9.82. The van der Waals surface area contributed by atoms with Crippen molar-refractivity contribution in [1.82, 2.24) is 0 Å². The molecule has 82 valence electrons. The van der Waals surface area contributed by atoms with Crippen molar-refractivity contribution in [3.8, 4) is 5.75 Å². The molecule has 0 saturated carbocycles. The van der Waals surface area contributed by atoms with E-state index in [2.05, 4.69) is 15.9 Å². The van der Waals surface area contributed by atoms with Gasteiger partial charge in [0.05, 0.1) is 11.6 Å². The second kappa shape index (κ2) is 5.14. The van der Waals surface area contributed by atoms with Crippen LogP contribution in [0.2, 0.25) is 0 Å². The van der Waals surface area contributed by atoms with Crippen molar-refractivity contribution in [1.29, 1.82) is 0 Å². The number of nitrogens with two attached hydrogens (primary N) is 1. The third kappa shape index (κ3) is 2.94. The maximum Gasteiger partial charge on any atom is 0.320 e. The highest BCUT2D eigenvalue weighted by molar-refractivity contribution is 9.10. The molecule has 0 radical (unpaired) electrons. The third-order valence-electron chi connectivity index (χ3n) is 2.01. The zero-order chi connectivity index (χ0) is 11.4. The van der Waals surface area contributed by atoms with E-state index in [0.29, 0.717) is 5.75 Å². The van der Waals surface area contributed by atoms with Crippen molar-refractivity contribution in [2.24, 2.45) is 5.73 Å². The standard InChI is InChI=1S/C10H12BrNO3/c1-15-9-6(3-2-4-7(9)11)5-8(12)10(13)14/h2-4,8H,5,12H2,1H3,(H,13,14). The molecule has 4 nitrogen and oxygen atoms in total. The van der Waals surface area contributed by atoms with Gasteiger partial charge in [0.2, 0.25) is 0 Å². The molecule has 15 heavy (non-hydrogen) atoms. The normalized spacial score (nSPS) is 12.2. The average molecular weight is 274 g/mol. The van der Waals surface area contributed by atoms with Crippen molar-refractivity contribution >= 4 is 21.9 Å². The molecule has 0 aliphatic carbocycles. The molecule has 3 N–H and O–H groups in total. The first-order valence-corrected chi connectivity index (χ1v) is 5.15. The molecule has 0 aromatic heterocycles. The van der Waals surface area contributed by atoms with E-state index in [1.54, 1.807) is 6.07 Å². The van der Waals surface area contributed by atoms with E-state index in [-0.39, 0.29) is 6.42 Å².